The van der Waals surface area contributed by atoms with E-state index in [1.165, 1.54) is 35.5 Å². The molecule has 0 N–H and O–H groups in total. The van der Waals surface area contributed by atoms with Crippen LogP contribution in [0.2, 0.25) is 0 Å². The van der Waals surface area contributed by atoms with Gasteiger partial charge in [-0.15, -0.1) is 0 Å². The maximum atomic E-state index is 12.7. The Morgan fingerprint density at radius 1 is 1.22 bits per heavy atom. The van der Waals surface area contributed by atoms with E-state index in [4.69, 9.17) is 0 Å². The normalized spacial score (nSPS) is 15.9. The Balaban J connectivity index is 1.83. The third kappa shape index (κ3) is 3.63. The van der Waals surface area contributed by atoms with E-state index in [2.05, 4.69) is 28.1 Å². The van der Waals surface area contributed by atoms with Crippen LogP contribution in [0.1, 0.15) is 47.5 Å². The molecule has 0 amide bonds. The number of pyridine rings is 1. The molecule has 3 rings (SSSR count). The number of carbonyl (C=O) groups is 1. The van der Waals surface area contributed by atoms with Crippen LogP contribution in [0, 0.1) is 5.92 Å². The van der Waals surface area contributed by atoms with Gasteiger partial charge in [0, 0.05) is 35.8 Å². The summed E-state index contributed by atoms with van der Waals surface area (Å²) in [6, 6.07) is 11.4. The van der Waals surface area contributed by atoms with Crippen molar-refractivity contribution in [1.29, 1.82) is 0 Å². The van der Waals surface area contributed by atoms with Crippen LogP contribution in [-0.2, 0) is 7.05 Å². The third-order valence-electron chi connectivity index (χ3n) is 4.83. The number of halogens is 1. The monoisotopic (exact) mass is 373 g/mol. The Kier molecular flexibility index (Phi) is 4.81. The molecule has 2 aromatic rings. The minimum Gasteiger partial charge on any atom is -0.318 e. The molecule has 0 aliphatic heterocycles. The molecular weight excluding hydrogens is 354 g/mol. The molecule has 4 heteroatoms. The van der Waals surface area contributed by atoms with Crippen molar-refractivity contribution in [2.45, 2.75) is 31.6 Å². The highest BCUT2D eigenvalue weighted by Crippen LogP contribution is 2.42. The summed E-state index contributed by atoms with van der Waals surface area (Å²) in [6.45, 7) is 0. The van der Waals surface area contributed by atoms with Crippen molar-refractivity contribution in [2.24, 2.45) is 13.0 Å². The van der Waals surface area contributed by atoms with Gasteiger partial charge >= 0.3 is 0 Å². The molecule has 1 heterocycles. The number of ketones is 1. The van der Waals surface area contributed by atoms with Crippen molar-refractivity contribution in [1.82, 2.24) is 4.57 Å². The maximum absolute atomic E-state index is 12.7. The van der Waals surface area contributed by atoms with Crippen molar-refractivity contribution in [3.63, 3.8) is 0 Å². The van der Waals surface area contributed by atoms with Crippen molar-refractivity contribution >= 4 is 21.7 Å². The van der Waals surface area contributed by atoms with Crippen LogP contribution in [0.5, 0.6) is 0 Å². The minimum absolute atomic E-state index is 0.0926. The molecule has 0 bridgehead atoms. The molecule has 1 aliphatic carbocycles. The van der Waals surface area contributed by atoms with Gasteiger partial charge in [-0.05, 0) is 48.4 Å². The van der Waals surface area contributed by atoms with Crippen LogP contribution in [0.15, 0.2) is 51.9 Å². The number of aromatic nitrogens is 1. The summed E-state index contributed by atoms with van der Waals surface area (Å²) in [4.78, 5) is 24.2. The Bertz CT molecular complexity index is 760. The number of hydrogen-bond donors (Lipinski definition) is 0. The van der Waals surface area contributed by atoms with E-state index >= 15 is 0 Å². The number of rotatable bonds is 5. The first-order valence-corrected chi connectivity index (χ1v) is 8.79. The lowest BCUT2D eigenvalue weighted by Crippen LogP contribution is -2.23. The van der Waals surface area contributed by atoms with Gasteiger partial charge in [0.2, 0.25) is 5.56 Å². The van der Waals surface area contributed by atoms with E-state index in [9.17, 15) is 9.59 Å². The van der Waals surface area contributed by atoms with Crippen LogP contribution in [0.25, 0.3) is 0 Å². The highest BCUT2D eigenvalue weighted by Gasteiger charge is 2.30. The molecular formula is C19H20BrNO2. The summed E-state index contributed by atoms with van der Waals surface area (Å²) < 4.78 is 2.52. The van der Waals surface area contributed by atoms with Crippen molar-refractivity contribution in [3.05, 3.63) is 68.5 Å². The molecule has 0 spiro atoms. The summed E-state index contributed by atoms with van der Waals surface area (Å²) in [5, 5.41) is 0. The van der Waals surface area contributed by atoms with Crippen molar-refractivity contribution < 1.29 is 4.79 Å². The second-order valence-electron chi connectivity index (χ2n) is 6.34. The van der Waals surface area contributed by atoms with Gasteiger partial charge in [-0.3, -0.25) is 9.59 Å². The number of hydrogen-bond acceptors (Lipinski definition) is 2. The zero-order valence-corrected chi connectivity index (χ0v) is 14.8. The zero-order valence-electron chi connectivity index (χ0n) is 13.2. The smallest absolute Gasteiger partial charge is 0.250 e. The third-order valence-corrected chi connectivity index (χ3v) is 5.36. The van der Waals surface area contributed by atoms with Gasteiger partial charge in [-0.1, -0.05) is 34.5 Å². The molecule has 1 aromatic carbocycles. The summed E-state index contributed by atoms with van der Waals surface area (Å²) in [5.41, 5.74) is 1.76. The first kappa shape index (κ1) is 16.2. The summed E-state index contributed by atoms with van der Waals surface area (Å²) in [6.07, 6.45) is 5.79. The molecule has 1 saturated carbocycles. The van der Waals surface area contributed by atoms with Crippen molar-refractivity contribution in [3.8, 4) is 0 Å². The standard InChI is InChI=1S/C19H20BrNO2/c1-21-12-15(7-10-19(21)23)18(22)11-17(13-3-2-4-13)14-5-8-16(20)9-6-14/h5-10,12-13,17H,2-4,11H2,1H3. The zero-order chi connectivity index (χ0) is 16.4. The van der Waals surface area contributed by atoms with Crippen molar-refractivity contribution in [2.75, 3.05) is 0 Å². The fourth-order valence-corrected chi connectivity index (χ4v) is 3.45. The fraction of sp³-hybridized carbons (Fsp3) is 0.368. The van der Waals surface area contributed by atoms with Gasteiger partial charge in [-0.25, -0.2) is 0 Å². The summed E-state index contributed by atoms with van der Waals surface area (Å²) in [7, 11) is 1.68. The molecule has 1 atom stereocenters. The molecule has 120 valence electrons. The van der Waals surface area contributed by atoms with Crippen LogP contribution < -0.4 is 5.56 Å². The van der Waals surface area contributed by atoms with Gasteiger partial charge in [-0.2, -0.15) is 0 Å². The van der Waals surface area contributed by atoms with Crippen LogP contribution in [0.4, 0.5) is 0 Å². The maximum Gasteiger partial charge on any atom is 0.250 e. The van der Waals surface area contributed by atoms with E-state index in [1.807, 2.05) is 12.1 Å². The highest BCUT2D eigenvalue weighted by molar-refractivity contribution is 9.10. The molecule has 1 aliphatic rings. The Labute approximate surface area is 144 Å². The lowest BCUT2D eigenvalue weighted by atomic mass is 9.71. The summed E-state index contributed by atoms with van der Waals surface area (Å²) >= 11 is 3.47. The number of aryl methyl sites for hydroxylation is 1. The second-order valence-corrected chi connectivity index (χ2v) is 7.26. The van der Waals surface area contributed by atoms with Gasteiger partial charge in [0.1, 0.15) is 0 Å². The number of carbonyl (C=O) groups excluding carboxylic acids is 1. The molecule has 0 radical (unpaired) electrons. The van der Waals surface area contributed by atoms with Gasteiger partial charge in [0.15, 0.2) is 5.78 Å². The number of nitrogens with zero attached hydrogens (tertiary/aromatic N) is 1. The van der Waals surface area contributed by atoms with Crippen LogP contribution >= 0.6 is 15.9 Å². The predicted molar refractivity (Wildman–Crippen MR) is 94.9 cm³/mol. The van der Waals surface area contributed by atoms with E-state index in [0.717, 1.165) is 4.47 Å². The molecule has 3 nitrogen and oxygen atoms in total. The first-order chi connectivity index (χ1) is 11.0. The molecule has 0 saturated heterocycles. The molecule has 1 aromatic heterocycles. The Morgan fingerprint density at radius 3 is 2.48 bits per heavy atom. The summed E-state index contributed by atoms with van der Waals surface area (Å²) in [5.74, 6) is 0.967. The minimum atomic E-state index is -0.0926. The average molecular weight is 374 g/mol. The van der Waals surface area contributed by atoms with E-state index in [-0.39, 0.29) is 17.3 Å². The van der Waals surface area contributed by atoms with Crippen LogP contribution in [0.3, 0.4) is 0 Å². The quantitative estimate of drug-likeness (QED) is 0.732. The molecule has 1 fully saturated rings. The predicted octanol–water partition coefficient (Wildman–Crippen LogP) is 4.30. The average Bonchev–Trinajstić information content (AvgIpc) is 2.48. The van der Waals surface area contributed by atoms with E-state index in [0.29, 0.717) is 17.9 Å². The lowest BCUT2D eigenvalue weighted by Gasteiger charge is -2.34. The van der Waals surface area contributed by atoms with Gasteiger partial charge in [0.05, 0.1) is 0 Å². The van der Waals surface area contributed by atoms with E-state index < -0.39 is 0 Å². The fourth-order valence-electron chi connectivity index (χ4n) is 3.19. The lowest BCUT2D eigenvalue weighted by molar-refractivity contribution is 0.0949. The van der Waals surface area contributed by atoms with Gasteiger partial charge < -0.3 is 4.57 Å². The van der Waals surface area contributed by atoms with E-state index in [1.54, 1.807) is 19.3 Å². The van der Waals surface area contributed by atoms with Gasteiger partial charge in [0.25, 0.3) is 0 Å². The highest BCUT2D eigenvalue weighted by atomic mass is 79.9. The topological polar surface area (TPSA) is 39.1 Å². The van der Waals surface area contributed by atoms with Crippen LogP contribution in [-0.4, -0.2) is 10.4 Å². The second kappa shape index (κ2) is 6.83. The first-order valence-electron chi connectivity index (χ1n) is 8.00. The Hall–Kier alpha value is -1.68. The SMILES string of the molecule is Cn1cc(C(=O)CC(c2ccc(Br)cc2)C2CCC2)ccc1=O. The Morgan fingerprint density at radius 2 is 1.91 bits per heavy atom. The molecule has 23 heavy (non-hydrogen) atoms. The largest absolute Gasteiger partial charge is 0.318 e. The number of benzene rings is 1. The molecule has 1 unspecified atom stereocenters. The number of Topliss-reactive ketones (excluding diaryl/α,β-unsaturated/α-hetero) is 1.